The number of oxime groups is 1. The van der Waals surface area contributed by atoms with Gasteiger partial charge < -0.3 is 35.2 Å². The number of unbranched alkanes of at least 4 members (excludes halogenated alkanes) is 1. The predicted molar refractivity (Wildman–Crippen MR) is 134 cm³/mol. The van der Waals surface area contributed by atoms with Crippen molar-refractivity contribution >= 4 is 22.9 Å². The van der Waals surface area contributed by atoms with Crippen LogP contribution in [0.1, 0.15) is 59.5 Å². The topological polar surface area (TPSA) is 153 Å². The number of aromatic nitrogens is 4. The molecule has 0 spiro atoms. The summed E-state index contributed by atoms with van der Waals surface area (Å²) in [6, 6.07) is 0. The molecule has 0 unspecified atom stereocenters. The molecule has 1 saturated heterocycles. The van der Waals surface area contributed by atoms with Crippen molar-refractivity contribution in [2.75, 3.05) is 39.1 Å². The zero-order chi connectivity index (χ0) is 26.3. The predicted octanol–water partition coefficient (Wildman–Crippen LogP) is 1.47. The number of nitrogen functional groups attached to an aromatic ring is 1. The molecule has 2 aliphatic rings. The van der Waals surface area contributed by atoms with E-state index in [0.29, 0.717) is 49.1 Å². The van der Waals surface area contributed by atoms with Gasteiger partial charge >= 0.3 is 0 Å². The van der Waals surface area contributed by atoms with Crippen molar-refractivity contribution in [2.45, 2.75) is 77.4 Å². The maximum Gasteiger partial charge on any atom is 0.222 e. The number of imidazole rings is 1. The summed E-state index contributed by atoms with van der Waals surface area (Å²) < 4.78 is 13.4. The molecule has 0 aromatic carbocycles. The van der Waals surface area contributed by atoms with Gasteiger partial charge in [0.15, 0.2) is 23.2 Å². The second kappa shape index (κ2) is 9.73. The SMILES string of the molecule is CCO/C(C)=N\OCCCCN(C)C[C@H]1O[C@@H](n2c(CC)nc3c(N)ncnc32)[C@]2(O)C(C)(C)[C@]12O. The highest BCUT2D eigenvalue weighted by Gasteiger charge is 2.92. The molecule has 36 heavy (non-hydrogen) atoms. The van der Waals surface area contributed by atoms with E-state index in [1.54, 1.807) is 11.5 Å². The van der Waals surface area contributed by atoms with Gasteiger partial charge in [0.05, 0.1) is 6.61 Å². The lowest BCUT2D eigenvalue weighted by Gasteiger charge is -2.30. The van der Waals surface area contributed by atoms with Crippen molar-refractivity contribution in [3.63, 3.8) is 0 Å². The Balaban J connectivity index is 1.45. The van der Waals surface area contributed by atoms with Crippen molar-refractivity contribution in [3.8, 4) is 0 Å². The summed E-state index contributed by atoms with van der Waals surface area (Å²) in [5, 5.41) is 27.5. The largest absolute Gasteiger partial charge is 0.479 e. The van der Waals surface area contributed by atoms with Crippen LogP contribution in [0, 0.1) is 5.41 Å². The lowest BCUT2D eigenvalue weighted by atomic mass is 10.0. The third-order valence-electron chi connectivity index (χ3n) is 7.72. The van der Waals surface area contributed by atoms with Crippen LogP contribution in [-0.4, -0.2) is 91.2 Å². The number of anilines is 1. The lowest BCUT2D eigenvalue weighted by molar-refractivity contribution is -0.117. The summed E-state index contributed by atoms with van der Waals surface area (Å²) >= 11 is 0. The standard InChI is InChI=1S/C24H39N7O5/c1-7-17-28-18-19(25)26-14-27-20(18)31(17)21-24(33)22(4,5)23(24,32)16(36-21)13-30(6)11-9-10-12-35-29-15(3)34-8-2/h14,16,21,32-33H,7-13H2,1-6H3,(H2,25,26,27)/b29-15-/t16-,21-,23-,24+/m1/s1. The van der Waals surface area contributed by atoms with Crippen LogP contribution in [0.15, 0.2) is 11.5 Å². The number of hydrogen-bond acceptors (Lipinski definition) is 11. The number of nitrogens with zero attached hydrogens (tertiary/aromatic N) is 6. The van der Waals surface area contributed by atoms with Gasteiger partial charge in [0.1, 0.15) is 36.1 Å². The molecule has 0 bridgehead atoms. The minimum absolute atomic E-state index is 0.266. The van der Waals surface area contributed by atoms with Crippen molar-refractivity contribution in [1.29, 1.82) is 0 Å². The molecule has 2 fully saturated rings. The van der Waals surface area contributed by atoms with E-state index in [-0.39, 0.29) is 5.82 Å². The van der Waals surface area contributed by atoms with E-state index < -0.39 is 28.9 Å². The molecule has 200 valence electrons. The van der Waals surface area contributed by atoms with E-state index in [1.165, 1.54) is 6.33 Å². The van der Waals surface area contributed by atoms with E-state index in [0.717, 1.165) is 19.4 Å². The molecule has 2 aromatic rings. The molecule has 3 heterocycles. The Hall–Kier alpha value is -2.54. The van der Waals surface area contributed by atoms with Crippen molar-refractivity contribution < 1.29 is 24.5 Å². The molecule has 1 aliphatic carbocycles. The number of aryl methyl sites for hydroxylation is 1. The molecule has 4 atom stereocenters. The highest BCUT2D eigenvalue weighted by atomic mass is 16.6. The Morgan fingerprint density at radius 2 is 2.00 bits per heavy atom. The smallest absolute Gasteiger partial charge is 0.222 e. The Morgan fingerprint density at radius 1 is 1.25 bits per heavy atom. The van der Waals surface area contributed by atoms with Gasteiger partial charge in [-0.1, -0.05) is 25.9 Å². The molecule has 1 saturated carbocycles. The molecule has 0 amide bonds. The molecule has 0 radical (unpaired) electrons. The molecule has 1 aliphatic heterocycles. The lowest BCUT2D eigenvalue weighted by Crippen LogP contribution is -2.42. The minimum atomic E-state index is -1.51. The van der Waals surface area contributed by atoms with Crippen LogP contribution >= 0.6 is 0 Å². The number of nitrogens with two attached hydrogens (primary N) is 1. The van der Waals surface area contributed by atoms with Gasteiger partial charge in [-0.15, -0.1) is 0 Å². The van der Waals surface area contributed by atoms with Crippen LogP contribution in [0.25, 0.3) is 11.2 Å². The van der Waals surface area contributed by atoms with E-state index in [2.05, 4.69) is 25.0 Å². The fourth-order valence-corrected chi connectivity index (χ4v) is 5.58. The summed E-state index contributed by atoms with van der Waals surface area (Å²) in [6.07, 6.45) is 2.18. The molecule has 12 heteroatoms. The van der Waals surface area contributed by atoms with Crippen LogP contribution in [0.2, 0.25) is 0 Å². The number of fused-ring (bicyclic) bond motifs is 2. The Kier molecular flexibility index (Phi) is 7.17. The monoisotopic (exact) mass is 505 g/mol. The number of hydrogen-bond donors (Lipinski definition) is 3. The zero-order valence-electron chi connectivity index (χ0n) is 22.1. The maximum absolute atomic E-state index is 11.8. The molecule has 12 nitrogen and oxygen atoms in total. The van der Waals surface area contributed by atoms with Gasteiger partial charge in [0.25, 0.3) is 0 Å². The average Bonchev–Trinajstić information content (AvgIpc) is 3.12. The average molecular weight is 506 g/mol. The summed E-state index contributed by atoms with van der Waals surface area (Å²) in [5.41, 5.74) is 3.27. The Labute approximate surface area is 211 Å². The number of rotatable bonds is 11. The van der Waals surface area contributed by atoms with Crippen molar-refractivity contribution in [1.82, 2.24) is 24.4 Å². The first-order valence-corrected chi connectivity index (χ1v) is 12.6. The van der Waals surface area contributed by atoms with E-state index in [9.17, 15) is 10.2 Å². The normalized spacial score (nSPS) is 29.1. The second-order valence-electron chi connectivity index (χ2n) is 10.2. The van der Waals surface area contributed by atoms with Gasteiger partial charge in [0, 0.05) is 25.3 Å². The van der Waals surface area contributed by atoms with E-state index >= 15 is 0 Å². The highest BCUT2D eigenvalue weighted by molar-refractivity contribution is 5.82. The molecule has 4 rings (SSSR count). The van der Waals surface area contributed by atoms with Crippen LogP contribution < -0.4 is 5.73 Å². The molecule has 4 N–H and O–H groups in total. The summed E-state index contributed by atoms with van der Waals surface area (Å²) in [4.78, 5) is 20.4. The summed E-state index contributed by atoms with van der Waals surface area (Å²) in [6.45, 7) is 11.6. The van der Waals surface area contributed by atoms with Gasteiger partial charge in [-0.2, -0.15) is 0 Å². The quantitative estimate of drug-likeness (QED) is 0.177. The van der Waals surface area contributed by atoms with Crippen molar-refractivity contribution in [2.24, 2.45) is 10.6 Å². The summed E-state index contributed by atoms with van der Waals surface area (Å²) in [5.74, 6) is 1.45. The molecular weight excluding hydrogens is 466 g/mol. The van der Waals surface area contributed by atoms with Crippen molar-refractivity contribution in [3.05, 3.63) is 12.2 Å². The van der Waals surface area contributed by atoms with Crippen LogP contribution in [0.3, 0.4) is 0 Å². The van der Waals surface area contributed by atoms with Gasteiger partial charge in [-0.05, 0) is 33.4 Å². The molecule has 2 aromatic heterocycles. The van der Waals surface area contributed by atoms with E-state index in [1.807, 2.05) is 34.7 Å². The van der Waals surface area contributed by atoms with E-state index in [4.69, 9.17) is 20.0 Å². The zero-order valence-corrected chi connectivity index (χ0v) is 22.1. The number of aliphatic hydroxyl groups is 2. The van der Waals surface area contributed by atoms with Crippen LogP contribution in [0.5, 0.6) is 0 Å². The van der Waals surface area contributed by atoms with Gasteiger partial charge in [-0.25, -0.2) is 15.0 Å². The first kappa shape index (κ1) is 26.5. The van der Waals surface area contributed by atoms with Gasteiger partial charge in [-0.3, -0.25) is 4.57 Å². The first-order valence-electron chi connectivity index (χ1n) is 12.6. The summed E-state index contributed by atoms with van der Waals surface area (Å²) in [7, 11) is 1.98. The van der Waals surface area contributed by atoms with Crippen LogP contribution in [-0.2, 0) is 20.7 Å². The first-order chi connectivity index (χ1) is 17.0. The maximum atomic E-state index is 11.8. The van der Waals surface area contributed by atoms with Gasteiger partial charge in [0.2, 0.25) is 5.90 Å². The number of likely N-dealkylation sites (N-methyl/N-ethyl adjacent to an activating group) is 1. The fraction of sp³-hybridized carbons (Fsp3) is 0.750. The molecular formula is C24H39N7O5. The third-order valence-corrected chi connectivity index (χ3v) is 7.72. The Bertz CT molecular complexity index is 1120. The minimum Gasteiger partial charge on any atom is -0.479 e. The highest BCUT2D eigenvalue weighted by Crippen LogP contribution is 2.75. The Morgan fingerprint density at radius 3 is 2.69 bits per heavy atom. The number of ether oxygens (including phenoxy) is 2. The van der Waals surface area contributed by atoms with Crippen LogP contribution in [0.4, 0.5) is 5.82 Å². The fourth-order valence-electron chi connectivity index (χ4n) is 5.58. The third kappa shape index (κ3) is 3.90. The second-order valence-corrected chi connectivity index (χ2v) is 10.2.